The molecule has 0 rings (SSSR count). The monoisotopic (exact) mass is 1070 g/mol. The zero-order valence-electron chi connectivity index (χ0n) is 51.2. The molecule has 1 atom stereocenters. The van der Waals surface area contributed by atoms with Gasteiger partial charge >= 0.3 is 17.9 Å². The van der Waals surface area contributed by atoms with Crippen molar-refractivity contribution in [2.75, 3.05) is 13.2 Å². The fourth-order valence-electron chi connectivity index (χ4n) is 9.64. The summed E-state index contributed by atoms with van der Waals surface area (Å²) in [5, 5.41) is 0. The SMILES string of the molecule is CCCCC/C=C\C/C=C\C/C=C\CCCCCCCCC(=O)OCC(COC(=O)CCCCCCCCCCCCCCCCCCCCCCC)OC(=O)CCCCCCCC/C=C\C/C=C\C/C=C\CCCCC. The summed E-state index contributed by atoms with van der Waals surface area (Å²) in [6.07, 6.45) is 84.7. The molecule has 0 aromatic heterocycles. The Morgan fingerprint density at radius 3 is 0.753 bits per heavy atom. The van der Waals surface area contributed by atoms with E-state index in [2.05, 4.69) is 93.7 Å². The summed E-state index contributed by atoms with van der Waals surface area (Å²) in [5.41, 5.74) is 0. The minimum Gasteiger partial charge on any atom is -0.462 e. The van der Waals surface area contributed by atoms with Crippen LogP contribution >= 0.6 is 0 Å². The van der Waals surface area contributed by atoms with Crippen molar-refractivity contribution in [1.29, 1.82) is 0 Å². The Morgan fingerprint density at radius 1 is 0.260 bits per heavy atom. The van der Waals surface area contributed by atoms with Gasteiger partial charge in [-0.1, -0.05) is 299 Å². The zero-order chi connectivity index (χ0) is 55.7. The van der Waals surface area contributed by atoms with Gasteiger partial charge in [-0.05, 0) is 96.3 Å². The van der Waals surface area contributed by atoms with E-state index in [1.807, 2.05) is 0 Å². The third-order valence-electron chi connectivity index (χ3n) is 14.7. The van der Waals surface area contributed by atoms with E-state index in [4.69, 9.17) is 14.2 Å². The average molecular weight is 1080 g/mol. The van der Waals surface area contributed by atoms with E-state index in [1.165, 1.54) is 199 Å². The molecule has 1 unspecified atom stereocenters. The predicted molar refractivity (Wildman–Crippen MR) is 335 cm³/mol. The molecule has 0 radical (unpaired) electrons. The van der Waals surface area contributed by atoms with Crippen LogP contribution < -0.4 is 0 Å². The molecule has 6 nitrogen and oxygen atoms in total. The van der Waals surface area contributed by atoms with Crippen LogP contribution in [0.25, 0.3) is 0 Å². The molecular formula is C71H126O6. The molecule has 0 aliphatic rings. The van der Waals surface area contributed by atoms with Crippen LogP contribution in [-0.2, 0) is 28.6 Å². The van der Waals surface area contributed by atoms with Crippen LogP contribution in [0.3, 0.4) is 0 Å². The normalized spacial score (nSPS) is 12.5. The van der Waals surface area contributed by atoms with Crippen LogP contribution in [-0.4, -0.2) is 37.2 Å². The highest BCUT2D eigenvalue weighted by atomic mass is 16.6. The van der Waals surface area contributed by atoms with E-state index in [0.717, 1.165) is 103 Å². The molecule has 0 aliphatic carbocycles. The molecule has 0 saturated carbocycles. The summed E-state index contributed by atoms with van der Waals surface area (Å²) in [4.78, 5) is 38.4. The number of allylic oxidation sites excluding steroid dienone is 12. The van der Waals surface area contributed by atoms with Crippen LogP contribution in [0.15, 0.2) is 72.9 Å². The molecule has 446 valence electrons. The van der Waals surface area contributed by atoms with E-state index in [1.54, 1.807) is 0 Å². The lowest BCUT2D eigenvalue weighted by atomic mass is 10.0. The largest absolute Gasteiger partial charge is 0.462 e. The van der Waals surface area contributed by atoms with Crippen molar-refractivity contribution in [3.05, 3.63) is 72.9 Å². The lowest BCUT2D eigenvalue weighted by Crippen LogP contribution is -2.30. The van der Waals surface area contributed by atoms with Crippen molar-refractivity contribution < 1.29 is 28.6 Å². The Balaban J connectivity index is 4.39. The number of esters is 3. The summed E-state index contributed by atoms with van der Waals surface area (Å²) in [6.45, 7) is 6.61. The predicted octanol–water partition coefficient (Wildman–Crippen LogP) is 22.9. The number of ether oxygens (including phenoxy) is 3. The van der Waals surface area contributed by atoms with Crippen LogP contribution in [0, 0.1) is 0 Å². The minimum atomic E-state index is -0.789. The van der Waals surface area contributed by atoms with Crippen LogP contribution in [0.2, 0.25) is 0 Å². The van der Waals surface area contributed by atoms with Crippen molar-refractivity contribution in [2.45, 2.75) is 348 Å². The number of hydrogen-bond donors (Lipinski definition) is 0. The number of unbranched alkanes of at least 4 members (excludes halogenated alkanes) is 38. The van der Waals surface area contributed by atoms with Gasteiger partial charge in [-0.25, -0.2) is 0 Å². The van der Waals surface area contributed by atoms with E-state index in [9.17, 15) is 14.4 Å². The van der Waals surface area contributed by atoms with Crippen molar-refractivity contribution in [3.63, 3.8) is 0 Å². The third kappa shape index (κ3) is 63.6. The Hall–Kier alpha value is -3.15. The van der Waals surface area contributed by atoms with E-state index < -0.39 is 6.10 Å². The van der Waals surface area contributed by atoms with Crippen molar-refractivity contribution >= 4 is 17.9 Å². The van der Waals surface area contributed by atoms with Gasteiger partial charge in [0.15, 0.2) is 6.10 Å². The second-order valence-electron chi connectivity index (χ2n) is 22.4. The van der Waals surface area contributed by atoms with E-state index in [0.29, 0.717) is 19.3 Å². The fraction of sp³-hybridized carbons (Fsp3) is 0.789. The summed E-state index contributed by atoms with van der Waals surface area (Å²) in [6, 6.07) is 0. The Kier molecular flexibility index (Phi) is 62.7. The Labute approximate surface area is 478 Å². The highest BCUT2D eigenvalue weighted by Crippen LogP contribution is 2.17. The molecule has 0 spiro atoms. The molecule has 0 saturated heterocycles. The molecular weight excluding hydrogens is 949 g/mol. The molecule has 0 amide bonds. The van der Waals surface area contributed by atoms with Gasteiger partial charge in [-0.2, -0.15) is 0 Å². The van der Waals surface area contributed by atoms with E-state index >= 15 is 0 Å². The quantitative estimate of drug-likeness (QED) is 0.0261. The smallest absolute Gasteiger partial charge is 0.306 e. The highest BCUT2D eigenvalue weighted by Gasteiger charge is 2.19. The van der Waals surface area contributed by atoms with Crippen LogP contribution in [0.1, 0.15) is 342 Å². The summed E-state index contributed by atoms with van der Waals surface area (Å²) in [7, 11) is 0. The van der Waals surface area contributed by atoms with Crippen molar-refractivity contribution in [2.24, 2.45) is 0 Å². The first-order chi connectivity index (χ1) is 38.0. The Bertz CT molecular complexity index is 1420. The fourth-order valence-corrected chi connectivity index (χ4v) is 9.64. The average Bonchev–Trinajstić information content (AvgIpc) is 3.43. The molecule has 0 heterocycles. The topological polar surface area (TPSA) is 78.9 Å². The molecule has 0 bridgehead atoms. The van der Waals surface area contributed by atoms with Gasteiger partial charge in [0.1, 0.15) is 13.2 Å². The first-order valence-electron chi connectivity index (χ1n) is 33.4. The van der Waals surface area contributed by atoms with Gasteiger partial charge in [-0.3, -0.25) is 14.4 Å². The molecule has 0 fully saturated rings. The van der Waals surface area contributed by atoms with Crippen molar-refractivity contribution in [3.8, 4) is 0 Å². The lowest BCUT2D eigenvalue weighted by Gasteiger charge is -2.18. The molecule has 0 aliphatic heterocycles. The minimum absolute atomic E-state index is 0.0822. The Morgan fingerprint density at radius 2 is 0.468 bits per heavy atom. The second-order valence-corrected chi connectivity index (χ2v) is 22.4. The van der Waals surface area contributed by atoms with E-state index in [-0.39, 0.29) is 31.1 Å². The van der Waals surface area contributed by atoms with Gasteiger partial charge < -0.3 is 14.2 Å². The number of hydrogen-bond acceptors (Lipinski definition) is 6. The first-order valence-corrected chi connectivity index (χ1v) is 33.4. The number of rotatable bonds is 61. The number of carbonyl (C=O) groups excluding carboxylic acids is 3. The molecule has 0 aromatic rings. The maximum Gasteiger partial charge on any atom is 0.306 e. The standard InChI is InChI=1S/C71H126O6/c1-4-7-10-13-16-19-22-25-28-31-34-35-38-40-43-46-49-52-55-58-61-64-70(73)76-67-68(77-71(74)65-62-59-56-53-50-47-44-41-37-33-30-27-24-21-18-15-12-9-6-3)66-75-69(72)63-60-57-54-51-48-45-42-39-36-32-29-26-23-20-17-14-11-8-5-2/h17-18,20-21,26-27,29-30,36-37,39,41,68H,4-16,19,22-25,28,31-35,38,40,42-67H2,1-3H3/b20-17-,21-18-,29-26-,30-27-,39-36-,41-37-. The molecule has 0 N–H and O–H groups in total. The van der Waals surface area contributed by atoms with Gasteiger partial charge in [0.05, 0.1) is 0 Å². The maximum absolute atomic E-state index is 12.9. The maximum atomic E-state index is 12.9. The van der Waals surface area contributed by atoms with Crippen LogP contribution in [0.5, 0.6) is 0 Å². The molecule has 0 aromatic carbocycles. The molecule has 77 heavy (non-hydrogen) atoms. The molecule has 6 heteroatoms. The van der Waals surface area contributed by atoms with Gasteiger partial charge in [0.25, 0.3) is 0 Å². The first kappa shape index (κ1) is 73.8. The van der Waals surface area contributed by atoms with Gasteiger partial charge in [0.2, 0.25) is 0 Å². The van der Waals surface area contributed by atoms with Crippen LogP contribution in [0.4, 0.5) is 0 Å². The highest BCUT2D eigenvalue weighted by molar-refractivity contribution is 5.71. The summed E-state index contributed by atoms with van der Waals surface area (Å²) < 4.78 is 17.0. The third-order valence-corrected chi connectivity index (χ3v) is 14.7. The van der Waals surface area contributed by atoms with Crippen molar-refractivity contribution in [1.82, 2.24) is 0 Å². The summed E-state index contributed by atoms with van der Waals surface area (Å²) in [5.74, 6) is -0.889. The zero-order valence-corrected chi connectivity index (χ0v) is 51.2. The second kappa shape index (κ2) is 65.4. The van der Waals surface area contributed by atoms with Gasteiger partial charge in [-0.15, -0.1) is 0 Å². The summed E-state index contributed by atoms with van der Waals surface area (Å²) >= 11 is 0. The lowest BCUT2D eigenvalue weighted by molar-refractivity contribution is -0.167. The van der Waals surface area contributed by atoms with Gasteiger partial charge in [0, 0.05) is 19.3 Å². The number of carbonyl (C=O) groups is 3.